The highest BCUT2D eigenvalue weighted by Gasteiger charge is 2.22. The molecule has 0 saturated carbocycles. The van der Waals surface area contributed by atoms with E-state index in [0.29, 0.717) is 4.88 Å². The number of aryl methyl sites for hydroxylation is 2. The van der Waals surface area contributed by atoms with Gasteiger partial charge in [0, 0.05) is 11.4 Å². The van der Waals surface area contributed by atoms with Crippen LogP contribution in [0.25, 0.3) is 0 Å². The standard InChI is InChI=1S/C15H21F2NO2S/c16-14(17)10-18(7-8-19)15(20)13-9-11-5-3-1-2-4-6-12(11)21-13/h9,14,19H,1-8,10H2. The van der Waals surface area contributed by atoms with E-state index in [0.717, 1.165) is 30.6 Å². The number of halogens is 2. The van der Waals surface area contributed by atoms with Crippen molar-refractivity contribution in [3.05, 3.63) is 21.4 Å². The number of fused-ring (bicyclic) bond motifs is 1. The Kier molecular flexibility index (Phi) is 6.11. The summed E-state index contributed by atoms with van der Waals surface area (Å²) in [5.41, 5.74) is 1.20. The molecule has 1 amide bonds. The first-order valence-corrected chi connectivity index (χ1v) is 8.23. The van der Waals surface area contributed by atoms with Crippen LogP contribution in [0.15, 0.2) is 6.07 Å². The summed E-state index contributed by atoms with van der Waals surface area (Å²) < 4.78 is 25.1. The topological polar surface area (TPSA) is 40.5 Å². The third-order valence-corrected chi connectivity index (χ3v) is 4.95. The number of hydrogen-bond acceptors (Lipinski definition) is 3. The molecule has 1 aromatic rings. The van der Waals surface area contributed by atoms with E-state index in [4.69, 9.17) is 5.11 Å². The van der Waals surface area contributed by atoms with Crippen molar-refractivity contribution in [3.8, 4) is 0 Å². The Balaban J connectivity index is 2.15. The average molecular weight is 317 g/mol. The lowest BCUT2D eigenvalue weighted by molar-refractivity contribution is 0.0513. The Labute approximate surface area is 127 Å². The molecule has 0 aromatic carbocycles. The normalized spacial score (nSPS) is 15.4. The van der Waals surface area contributed by atoms with Crippen LogP contribution >= 0.6 is 11.3 Å². The first kappa shape index (κ1) is 16.4. The predicted molar refractivity (Wildman–Crippen MR) is 79.2 cm³/mol. The lowest BCUT2D eigenvalue weighted by atomic mass is 10.00. The summed E-state index contributed by atoms with van der Waals surface area (Å²) in [6, 6.07) is 1.86. The molecule has 21 heavy (non-hydrogen) atoms. The van der Waals surface area contributed by atoms with E-state index in [2.05, 4.69) is 0 Å². The van der Waals surface area contributed by atoms with E-state index < -0.39 is 13.0 Å². The summed E-state index contributed by atoms with van der Waals surface area (Å²) >= 11 is 1.43. The van der Waals surface area contributed by atoms with Crippen LogP contribution in [-0.4, -0.2) is 42.0 Å². The van der Waals surface area contributed by atoms with Crippen LogP contribution in [0.4, 0.5) is 8.78 Å². The monoisotopic (exact) mass is 317 g/mol. The Bertz CT molecular complexity index is 451. The molecular formula is C15H21F2NO2S. The number of thiophene rings is 1. The summed E-state index contributed by atoms with van der Waals surface area (Å²) in [4.78, 5) is 15.1. The van der Waals surface area contributed by atoms with Crippen LogP contribution in [0.5, 0.6) is 0 Å². The number of alkyl halides is 2. The average Bonchev–Trinajstić information content (AvgIpc) is 2.79. The van der Waals surface area contributed by atoms with E-state index in [-0.39, 0.29) is 19.1 Å². The summed E-state index contributed by atoms with van der Waals surface area (Å²) in [5.74, 6) is -0.388. The maximum atomic E-state index is 12.5. The molecule has 0 bridgehead atoms. The summed E-state index contributed by atoms with van der Waals surface area (Å²) in [5, 5.41) is 8.95. The van der Waals surface area contributed by atoms with Gasteiger partial charge in [-0.05, 0) is 37.3 Å². The quantitative estimate of drug-likeness (QED) is 0.906. The number of amides is 1. The van der Waals surface area contributed by atoms with Crippen molar-refractivity contribution < 1.29 is 18.7 Å². The minimum absolute atomic E-state index is 0.0499. The summed E-state index contributed by atoms with van der Waals surface area (Å²) in [6.07, 6.45) is 4.02. The van der Waals surface area contributed by atoms with Crippen molar-refractivity contribution in [2.24, 2.45) is 0 Å². The van der Waals surface area contributed by atoms with Crippen molar-refractivity contribution in [2.75, 3.05) is 19.7 Å². The number of aliphatic hydroxyl groups is 1. The third kappa shape index (κ3) is 4.48. The Hall–Kier alpha value is -1.01. The van der Waals surface area contributed by atoms with Crippen molar-refractivity contribution >= 4 is 17.2 Å². The van der Waals surface area contributed by atoms with Gasteiger partial charge in [0.1, 0.15) is 0 Å². The lowest BCUT2D eigenvalue weighted by Gasteiger charge is -2.20. The van der Waals surface area contributed by atoms with Crippen molar-refractivity contribution in [2.45, 2.75) is 45.0 Å². The SMILES string of the molecule is O=C(c1cc2c(s1)CCCCCC2)N(CCO)CC(F)F. The van der Waals surface area contributed by atoms with E-state index in [9.17, 15) is 13.6 Å². The number of nitrogens with zero attached hydrogens (tertiary/aromatic N) is 1. The highest BCUT2D eigenvalue weighted by atomic mass is 32.1. The van der Waals surface area contributed by atoms with Gasteiger partial charge in [0.05, 0.1) is 18.0 Å². The zero-order valence-corrected chi connectivity index (χ0v) is 12.8. The summed E-state index contributed by atoms with van der Waals surface area (Å²) in [6.45, 7) is -0.975. The predicted octanol–water partition coefficient (Wildman–Crippen LogP) is 3.11. The molecule has 0 saturated heterocycles. The molecule has 0 unspecified atom stereocenters. The largest absolute Gasteiger partial charge is 0.395 e. The molecule has 1 aliphatic rings. The molecule has 0 fully saturated rings. The van der Waals surface area contributed by atoms with Crippen LogP contribution in [0, 0.1) is 0 Å². The molecular weight excluding hydrogens is 296 g/mol. The highest BCUT2D eigenvalue weighted by Crippen LogP contribution is 2.29. The van der Waals surface area contributed by atoms with E-state index >= 15 is 0 Å². The minimum atomic E-state index is -2.58. The second-order valence-corrected chi connectivity index (χ2v) is 6.48. The van der Waals surface area contributed by atoms with E-state index in [1.165, 1.54) is 34.6 Å². The first-order chi connectivity index (χ1) is 10.1. The highest BCUT2D eigenvalue weighted by molar-refractivity contribution is 7.14. The smallest absolute Gasteiger partial charge is 0.264 e. The molecule has 0 atom stereocenters. The van der Waals surface area contributed by atoms with Gasteiger partial charge >= 0.3 is 0 Å². The maximum Gasteiger partial charge on any atom is 0.264 e. The molecule has 0 radical (unpaired) electrons. The third-order valence-electron chi connectivity index (χ3n) is 3.72. The van der Waals surface area contributed by atoms with Gasteiger partial charge in [-0.2, -0.15) is 0 Å². The van der Waals surface area contributed by atoms with Crippen molar-refractivity contribution in [1.29, 1.82) is 0 Å². The molecule has 1 aromatic heterocycles. The number of hydrogen-bond donors (Lipinski definition) is 1. The van der Waals surface area contributed by atoms with Crippen LogP contribution < -0.4 is 0 Å². The fourth-order valence-corrected chi connectivity index (χ4v) is 3.89. The lowest BCUT2D eigenvalue weighted by Crippen LogP contribution is -2.36. The number of aliphatic hydroxyl groups excluding tert-OH is 1. The van der Waals surface area contributed by atoms with Gasteiger partial charge < -0.3 is 10.0 Å². The van der Waals surface area contributed by atoms with Crippen LogP contribution in [0.1, 0.15) is 45.8 Å². The molecule has 2 rings (SSSR count). The fourth-order valence-electron chi connectivity index (χ4n) is 2.67. The number of rotatable bonds is 5. The van der Waals surface area contributed by atoms with E-state index in [1.54, 1.807) is 0 Å². The molecule has 118 valence electrons. The molecule has 1 heterocycles. The zero-order valence-electron chi connectivity index (χ0n) is 12.0. The molecule has 1 aliphatic carbocycles. The van der Waals surface area contributed by atoms with Gasteiger partial charge in [-0.25, -0.2) is 8.78 Å². The van der Waals surface area contributed by atoms with Gasteiger partial charge in [0.15, 0.2) is 0 Å². The summed E-state index contributed by atoms with van der Waals surface area (Å²) in [7, 11) is 0. The van der Waals surface area contributed by atoms with Gasteiger partial charge in [0.25, 0.3) is 12.3 Å². The Morgan fingerprint density at radius 1 is 1.29 bits per heavy atom. The van der Waals surface area contributed by atoms with Gasteiger partial charge in [-0.3, -0.25) is 4.79 Å². The first-order valence-electron chi connectivity index (χ1n) is 7.41. The molecule has 0 aliphatic heterocycles. The maximum absolute atomic E-state index is 12.5. The molecule has 1 N–H and O–H groups in total. The van der Waals surface area contributed by atoms with Crippen molar-refractivity contribution in [3.63, 3.8) is 0 Å². The van der Waals surface area contributed by atoms with Gasteiger partial charge in [0.2, 0.25) is 0 Å². The zero-order chi connectivity index (χ0) is 15.2. The molecule has 0 spiro atoms. The van der Waals surface area contributed by atoms with E-state index in [1.807, 2.05) is 6.07 Å². The Morgan fingerprint density at radius 3 is 2.67 bits per heavy atom. The second kappa shape index (κ2) is 7.84. The number of carbonyl (C=O) groups is 1. The second-order valence-electron chi connectivity index (χ2n) is 5.34. The molecule has 3 nitrogen and oxygen atoms in total. The minimum Gasteiger partial charge on any atom is -0.395 e. The van der Waals surface area contributed by atoms with Crippen LogP contribution in [0.3, 0.4) is 0 Å². The van der Waals surface area contributed by atoms with Gasteiger partial charge in [-0.1, -0.05) is 12.8 Å². The van der Waals surface area contributed by atoms with Crippen LogP contribution in [-0.2, 0) is 12.8 Å². The van der Waals surface area contributed by atoms with Gasteiger partial charge in [-0.15, -0.1) is 11.3 Å². The number of carbonyl (C=O) groups excluding carboxylic acids is 1. The fraction of sp³-hybridized carbons (Fsp3) is 0.667. The Morgan fingerprint density at radius 2 is 2.00 bits per heavy atom. The van der Waals surface area contributed by atoms with Crippen molar-refractivity contribution in [1.82, 2.24) is 4.90 Å². The van der Waals surface area contributed by atoms with Crippen LogP contribution in [0.2, 0.25) is 0 Å². The molecule has 6 heteroatoms.